The van der Waals surface area contributed by atoms with Crippen LogP contribution in [0, 0.1) is 0 Å². The summed E-state index contributed by atoms with van der Waals surface area (Å²) < 4.78 is 0. The second kappa shape index (κ2) is 6.06. The number of aromatic nitrogens is 1. The molecule has 0 unspecified atom stereocenters. The molecule has 0 saturated heterocycles. The molecule has 0 aromatic carbocycles. The molecular weight excluding hydrogens is 166 g/mol. The van der Waals surface area contributed by atoms with E-state index >= 15 is 0 Å². The van der Waals surface area contributed by atoms with Gasteiger partial charge in [-0.05, 0) is 37.0 Å². The molecule has 0 spiro atoms. The highest BCUT2D eigenvalue weighted by atomic mass is 32.1. The number of nitrogens with zero attached hydrogens (tertiary/aromatic N) is 1. The van der Waals surface area contributed by atoms with E-state index in [0.29, 0.717) is 0 Å². The molecule has 0 aliphatic heterocycles. The fourth-order valence-corrected chi connectivity index (χ4v) is 1.36. The zero-order chi connectivity index (χ0) is 8.65. The summed E-state index contributed by atoms with van der Waals surface area (Å²) in [5.74, 6) is 0.899. The summed E-state index contributed by atoms with van der Waals surface area (Å²) in [4.78, 5) is 3.97. The Morgan fingerprint density at radius 2 is 1.83 bits per heavy atom. The van der Waals surface area contributed by atoms with Gasteiger partial charge in [0.2, 0.25) is 0 Å². The van der Waals surface area contributed by atoms with E-state index in [9.17, 15) is 0 Å². The quantitative estimate of drug-likeness (QED) is 0.635. The van der Waals surface area contributed by atoms with Crippen molar-refractivity contribution < 1.29 is 0 Å². The Labute approximate surface area is 79.6 Å². The second-order valence-corrected chi connectivity index (χ2v) is 3.28. The van der Waals surface area contributed by atoms with Gasteiger partial charge in [-0.3, -0.25) is 4.98 Å². The average Bonchev–Trinajstić information content (AvgIpc) is 2.14. The molecule has 0 atom stereocenters. The van der Waals surface area contributed by atoms with Gasteiger partial charge in [-0.1, -0.05) is 19.0 Å². The lowest BCUT2D eigenvalue weighted by Crippen LogP contribution is -1.86. The number of aryl methyl sites for hydroxylation is 1. The predicted molar refractivity (Wildman–Crippen MR) is 54.3 cm³/mol. The van der Waals surface area contributed by atoms with Gasteiger partial charge in [0.15, 0.2) is 0 Å². The van der Waals surface area contributed by atoms with Crippen LogP contribution < -0.4 is 0 Å². The minimum absolute atomic E-state index is 0.899. The molecule has 1 heterocycles. The Hall–Kier alpha value is -0.500. The van der Waals surface area contributed by atoms with Crippen molar-refractivity contribution in [1.82, 2.24) is 4.98 Å². The third-order valence-electron chi connectivity index (χ3n) is 1.86. The smallest absolute Gasteiger partial charge is 0.0270 e. The first kappa shape index (κ1) is 9.59. The minimum Gasteiger partial charge on any atom is -0.265 e. The van der Waals surface area contributed by atoms with E-state index in [-0.39, 0.29) is 0 Å². The summed E-state index contributed by atoms with van der Waals surface area (Å²) in [6.07, 6.45) is 8.55. The molecule has 0 N–H and O–H groups in total. The maximum Gasteiger partial charge on any atom is 0.0270 e. The van der Waals surface area contributed by atoms with Crippen molar-refractivity contribution in [3.05, 3.63) is 30.1 Å². The van der Waals surface area contributed by atoms with E-state index in [0.717, 1.165) is 12.2 Å². The van der Waals surface area contributed by atoms with Gasteiger partial charge < -0.3 is 0 Å². The molecule has 0 fully saturated rings. The maximum atomic E-state index is 4.87. The van der Waals surface area contributed by atoms with Crippen molar-refractivity contribution in [2.75, 3.05) is 5.75 Å². The van der Waals surface area contributed by atoms with E-state index in [4.69, 9.17) is 12.6 Å². The second-order valence-electron chi connectivity index (χ2n) is 2.87. The van der Waals surface area contributed by atoms with Crippen molar-refractivity contribution in [2.24, 2.45) is 0 Å². The van der Waals surface area contributed by atoms with Crippen molar-refractivity contribution >= 4 is 12.6 Å². The van der Waals surface area contributed by atoms with E-state index in [1.165, 1.54) is 24.8 Å². The first-order valence-electron chi connectivity index (χ1n) is 4.40. The molecule has 1 nitrogen and oxygen atoms in total. The summed E-state index contributed by atoms with van der Waals surface area (Å²) in [7, 11) is 0. The normalized spacial score (nSPS) is 10.1. The predicted octanol–water partition coefficient (Wildman–Crippen LogP) is 2.99. The fraction of sp³-hybridized carbons (Fsp3) is 0.500. The van der Waals surface area contributed by atoms with Crippen LogP contribution in [-0.4, -0.2) is 10.7 Å². The topological polar surface area (TPSA) is 12.9 Å². The highest BCUT2D eigenvalue weighted by Gasteiger charge is 1.91. The van der Waals surface area contributed by atoms with E-state index in [1.807, 2.05) is 12.4 Å². The number of unbranched alkanes of at least 4 members (excludes halogenated alkanes) is 2. The number of rotatable bonds is 5. The molecule has 1 aromatic heterocycles. The highest BCUT2D eigenvalue weighted by molar-refractivity contribution is 7.80. The van der Waals surface area contributed by atoms with Crippen LogP contribution in [0.2, 0.25) is 0 Å². The van der Waals surface area contributed by atoms with Gasteiger partial charge in [0.05, 0.1) is 0 Å². The zero-order valence-corrected chi connectivity index (χ0v) is 8.02. The van der Waals surface area contributed by atoms with Crippen LogP contribution in [0.5, 0.6) is 0 Å². The molecular formula is C10H14NS. The van der Waals surface area contributed by atoms with Crippen LogP contribution in [0.15, 0.2) is 24.5 Å². The molecule has 1 rings (SSSR count). The molecule has 0 amide bonds. The average molecular weight is 180 g/mol. The van der Waals surface area contributed by atoms with Crippen LogP contribution in [0.1, 0.15) is 24.8 Å². The standard InChI is InChI=1S/C10H14NS/c12-9-3-1-2-4-10-5-7-11-8-6-10/h5-8H,1-4,9H2. The molecule has 0 saturated carbocycles. The molecule has 2 heteroatoms. The number of pyridine rings is 1. The van der Waals surface area contributed by atoms with Crippen molar-refractivity contribution in [1.29, 1.82) is 0 Å². The van der Waals surface area contributed by atoms with Gasteiger partial charge >= 0.3 is 0 Å². The van der Waals surface area contributed by atoms with Crippen LogP contribution >= 0.6 is 12.6 Å². The summed E-state index contributed by atoms with van der Waals surface area (Å²) in [6, 6.07) is 4.15. The summed E-state index contributed by atoms with van der Waals surface area (Å²) in [6.45, 7) is 0. The monoisotopic (exact) mass is 180 g/mol. The largest absolute Gasteiger partial charge is 0.265 e. The van der Waals surface area contributed by atoms with Crippen molar-refractivity contribution in [2.45, 2.75) is 25.7 Å². The lowest BCUT2D eigenvalue weighted by molar-refractivity contribution is 0.722. The summed E-state index contributed by atoms with van der Waals surface area (Å²) in [5, 5.41) is 0. The number of hydrogen-bond donors (Lipinski definition) is 0. The summed E-state index contributed by atoms with van der Waals surface area (Å²) in [5.41, 5.74) is 1.38. The van der Waals surface area contributed by atoms with Crippen LogP contribution in [0.25, 0.3) is 0 Å². The van der Waals surface area contributed by atoms with E-state index < -0.39 is 0 Å². The first-order chi connectivity index (χ1) is 5.93. The van der Waals surface area contributed by atoms with Crippen molar-refractivity contribution in [3.63, 3.8) is 0 Å². The number of hydrogen-bond acceptors (Lipinski definition) is 1. The Kier molecular flexibility index (Phi) is 4.85. The fourth-order valence-electron chi connectivity index (χ4n) is 1.16. The Morgan fingerprint density at radius 1 is 1.08 bits per heavy atom. The zero-order valence-electron chi connectivity index (χ0n) is 7.20. The van der Waals surface area contributed by atoms with Gasteiger partial charge in [-0.15, -0.1) is 0 Å². The molecule has 0 aliphatic carbocycles. The van der Waals surface area contributed by atoms with Gasteiger partial charge in [0, 0.05) is 18.1 Å². The molecule has 12 heavy (non-hydrogen) atoms. The van der Waals surface area contributed by atoms with Crippen molar-refractivity contribution in [3.8, 4) is 0 Å². The Morgan fingerprint density at radius 3 is 2.50 bits per heavy atom. The van der Waals surface area contributed by atoms with Gasteiger partial charge in [-0.25, -0.2) is 0 Å². The third kappa shape index (κ3) is 3.77. The molecule has 0 aliphatic rings. The molecule has 1 aromatic rings. The molecule has 0 bridgehead atoms. The van der Waals surface area contributed by atoms with Crippen LogP contribution in [0.3, 0.4) is 0 Å². The van der Waals surface area contributed by atoms with Crippen LogP contribution in [0.4, 0.5) is 0 Å². The lowest BCUT2D eigenvalue weighted by Gasteiger charge is -1.98. The lowest BCUT2D eigenvalue weighted by atomic mass is 10.1. The van der Waals surface area contributed by atoms with E-state index in [1.54, 1.807) is 0 Å². The van der Waals surface area contributed by atoms with Gasteiger partial charge in [-0.2, -0.15) is 0 Å². The Balaban J connectivity index is 2.16. The van der Waals surface area contributed by atoms with Gasteiger partial charge in [0.1, 0.15) is 0 Å². The van der Waals surface area contributed by atoms with Gasteiger partial charge in [0.25, 0.3) is 0 Å². The SMILES string of the molecule is [S]CCCCCc1ccncc1. The maximum absolute atomic E-state index is 4.87. The highest BCUT2D eigenvalue weighted by Crippen LogP contribution is 2.05. The first-order valence-corrected chi connectivity index (χ1v) is 4.98. The van der Waals surface area contributed by atoms with E-state index in [2.05, 4.69) is 17.1 Å². The molecule has 1 radical (unpaired) electrons. The minimum atomic E-state index is 0.899. The van der Waals surface area contributed by atoms with Crippen LogP contribution in [-0.2, 0) is 6.42 Å². The molecule has 65 valence electrons. The Bertz CT molecular complexity index is 198. The summed E-state index contributed by atoms with van der Waals surface area (Å²) >= 11 is 4.87. The third-order valence-corrected chi connectivity index (χ3v) is 2.15.